The van der Waals surface area contributed by atoms with Crippen molar-refractivity contribution >= 4 is 11.4 Å². The zero-order valence-electron chi connectivity index (χ0n) is 13.0. The molecule has 1 heterocycles. The molecule has 6 nitrogen and oxygen atoms in total. The van der Waals surface area contributed by atoms with Crippen LogP contribution in [0.1, 0.15) is 12.5 Å². The highest BCUT2D eigenvalue weighted by Crippen LogP contribution is 2.22. The van der Waals surface area contributed by atoms with Crippen LogP contribution in [0.2, 0.25) is 0 Å². The van der Waals surface area contributed by atoms with E-state index >= 15 is 0 Å². The molecule has 1 fully saturated rings. The minimum Gasteiger partial charge on any atom is -0.381 e. The lowest BCUT2D eigenvalue weighted by atomic mass is 10.1. The molecule has 0 amide bonds. The fourth-order valence-corrected chi connectivity index (χ4v) is 2.70. The molecule has 1 aliphatic rings. The molecule has 1 aliphatic heterocycles. The van der Waals surface area contributed by atoms with Gasteiger partial charge in [-0.1, -0.05) is 0 Å². The molecule has 0 radical (unpaired) electrons. The molecule has 0 saturated carbocycles. The van der Waals surface area contributed by atoms with Crippen LogP contribution in [-0.4, -0.2) is 60.5 Å². The van der Waals surface area contributed by atoms with Crippen molar-refractivity contribution in [2.45, 2.75) is 19.9 Å². The average molecular weight is 292 g/mol. The summed E-state index contributed by atoms with van der Waals surface area (Å²) in [5.74, 6) is 0. The van der Waals surface area contributed by atoms with Crippen LogP contribution in [0.25, 0.3) is 0 Å². The zero-order valence-corrected chi connectivity index (χ0v) is 13.0. The van der Waals surface area contributed by atoms with Gasteiger partial charge >= 0.3 is 0 Å². The molecule has 1 saturated heterocycles. The van der Waals surface area contributed by atoms with Crippen molar-refractivity contribution in [2.75, 3.05) is 45.1 Å². The summed E-state index contributed by atoms with van der Waals surface area (Å²) in [5, 5.41) is 14.2. The van der Waals surface area contributed by atoms with Gasteiger partial charge in [0.15, 0.2) is 0 Å². The Labute approximate surface area is 125 Å². The van der Waals surface area contributed by atoms with Gasteiger partial charge in [0.1, 0.15) is 0 Å². The van der Waals surface area contributed by atoms with Crippen molar-refractivity contribution in [1.29, 1.82) is 0 Å². The van der Waals surface area contributed by atoms with E-state index in [-0.39, 0.29) is 10.6 Å². The van der Waals surface area contributed by atoms with E-state index in [1.807, 2.05) is 6.07 Å². The fourth-order valence-electron chi connectivity index (χ4n) is 2.70. The van der Waals surface area contributed by atoms with Gasteiger partial charge in [-0.2, -0.15) is 0 Å². The molecule has 116 valence electrons. The van der Waals surface area contributed by atoms with Crippen LogP contribution in [-0.2, 0) is 0 Å². The van der Waals surface area contributed by atoms with Crippen LogP contribution in [0, 0.1) is 17.0 Å². The summed E-state index contributed by atoms with van der Waals surface area (Å²) in [6, 6.07) is 5.51. The lowest BCUT2D eigenvalue weighted by Gasteiger charge is -2.34. The molecule has 1 unspecified atom stereocenters. The maximum Gasteiger partial charge on any atom is 0.272 e. The molecule has 21 heavy (non-hydrogen) atoms. The first-order valence-corrected chi connectivity index (χ1v) is 7.38. The van der Waals surface area contributed by atoms with E-state index in [4.69, 9.17) is 0 Å². The summed E-state index contributed by atoms with van der Waals surface area (Å²) in [4.78, 5) is 15.3. The number of aryl methyl sites for hydroxylation is 1. The maximum atomic E-state index is 10.8. The van der Waals surface area contributed by atoms with Crippen molar-refractivity contribution in [3.63, 3.8) is 0 Å². The van der Waals surface area contributed by atoms with E-state index < -0.39 is 0 Å². The molecule has 1 N–H and O–H groups in total. The molecule has 6 heteroatoms. The number of nitrogens with one attached hydrogen (secondary N) is 1. The highest BCUT2D eigenvalue weighted by molar-refractivity contribution is 5.53. The number of piperazine rings is 1. The molecule has 2 rings (SSSR count). The summed E-state index contributed by atoms with van der Waals surface area (Å²) >= 11 is 0. The lowest BCUT2D eigenvalue weighted by Crippen LogP contribution is -2.47. The van der Waals surface area contributed by atoms with E-state index in [9.17, 15) is 10.1 Å². The molecular weight excluding hydrogens is 268 g/mol. The van der Waals surface area contributed by atoms with Crippen LogP contribution in [0.4, 0.5) is 11.4 Å². The third-order valence-corrected chi connectivity index (χ3v) is 3.93. The van der Waals surface area contributed by atoms with E-state index in [1.165, 1.54) is 0 Å². The Morgan fingerprint density at radius 2 is 2.00 bits per heavy atom. The fraction of sp³-hybridized carbons (Fsp3) is 0.600. The third kappa shape index (κ3) is 4.41. The smallest absolute Gasteiger partial charge is 0.272 e. The molecule has 1 atom stereocenters. The normalized spacial score (nSPS) is 18.4. The Bertz CT molecular complexity index is 498. The standard InChI is InChI=1S/C15H24N4O2/c1-12-10-14(4-5-15(12)19(20)21)16-13(2)11-18-8-6-17(3)7-9-18/h4-5,10,13,16H,6-9,11H2,1-3H3. The van der Waals surface area contributed by atoms with Gasteiger partial charge in [-0.15, -0.1) is 0 Å². The van der Waals surface area contributed by atoms with Crippen molar-refractivity contribution in [3.05, 3.63) is 33.9 Å². The van der Waals surface area contributed by atoms with Gasteiger partial charge in [0.05, 0.1) is 4.92 Å². The second-order valence-electron chi connectivity index (χ2n) is 5.91. The number of hydrogen-bond acceptors (Lipinski definition) is 5. The Hall–Kier alpha value is -1.66. The molecule has 0 spiro atoms. The Morgan fingerprint density at radius 3 is 2.57 bits per heavy atom. The first-order valence-electron chi connectivity index (χ1n) is 7.38. The van der Waals surface area contributed by atoms with Gasteiger partial charge in [-0.25, -0.2) is 0 Å². The van der Waals surface area contributed by atoms with Crippen LogP contribution in [0.5, 0.6) is 0 Å². The molecular formula is C15H24N4O2. The minimum atomic E-state index is -0.341. The molecule has 1 aromatic rings. The van der Waals surface area contributed by atoms with Gasteiger partial charge in [-0.05, 0) is 33.0 Å². The first-order chi connectivity index (χ1) is 9.95. The number of nitro groups is 1. The quantitative estimate of drug-likeness (QED) is 0.664. The highest BCUT2D eigenvalue weighted by Gasteiger charge is 2.16. The summed E-state index contributed by atoms with van der Waals surface area (Å²) in [7, 11) is 2.15. The lowest BCUT2D eigenvalue weighted by molar-refractivity contribution is -0.385. The summed E-state index contributed by atoms with van der Waals surface area (Å²) < 4.78 is 0. The van der Waals surface area contributed by atoms with Gasteiger partial charge < -0.3 is 10.2 Å². The summed E-state index contributed by atoms with van der Waals surface area (Å²) in [6.07, 6.45) is 0. The van der Waals surface area contributed by atoms with Crippen LogP contribution < -0.4 is 5.32 Å². The Kier molecular flexibility index (Phi) is 5.14. The van der Waals surface area contributed by atoms with E-state index in [1.54, 1.807) is 19.1 Å². The van der Waals surface area contributed by atoms with Crippen molar-refractivity contribution in [3.8, 4) is 0 Å². The van der Waals surface area contributed by atoms with Gasteiger partial charge in [0.2, 0.25) is 0 Å². The summed E-state index contributed by atoms with van der Waals surface area (Å²) in [5.41, 5.74) is 1.81. The number of benzene rings is 1. The third-order valence-electron chi connectivity index (χ3n) is 3.93. The topological polar surface area (TPSA) is 61.6 Å². The number of rotatable bonds is 5. The Morgan fingerprint density at radius 1 is 1.33 bits per heavy atom. The van der Waals surface area contributed by atoms with Crippen LogP contribution in [0.15, 0.2) is 18.2 Å². The number of nitrogens with zero attached hydrogens (tertiary/aromatic N) is 3. The molecule has 0 aliphatic carbocycles. The van der Waals surface area contributed by atoms with Crippen molar-refractivity contribution < 1.29 is 4.92 Å². The second kappa shape index (κ2) is 6.87. The largest absolute Gasteiger partial charge is 0.381 e. The van der Waals surface area contributed by atoms with Gasteiger partial charge in [-0.3, -0.25) is 15.0 Å². The van der Waals surface area contributed by atoms with Crippen LogP contribution >= 0.6 is 0 Å². The monoisotopic (exact) mass is 292 g/mol. The number of hydrogen-bond donors (Lipinski definition) is 1. The zero-order chi connectivity index (χ0) is 15.4. The van der Waals surface area contributed by atoms with Crippen LogP contribution in [0.3, 0.4) is 0 Å². The number of nitro benzene ring substituents is 1. The molecule has 0 aromatic heterocycles. The first kappa shape index (κ1) is 15.7. The predicted molar refractivity (Wildman–Crippen MR) is 84.9 cm³/mol. The van der Waals surface area contributed by atoms with Crippen molar-refractivity contribution in [1.82, 2.24) is 9.80 Å². The molecule has 0 bridgehead atoms. The SMILES string of the molecule is Cc1cc(NC(C)CN2CCN(C)CC2)ccc1[N+](=O)[O-]. The summed E-state index contributed by atoms with van der Waals surface area (Å²) in [6.45, 7) is 9.34. The van der Waals surface area contributed by atoms with E-state index in [2.05, 4.69) is 29.1 Å². The average Bonchev–Trinajstić information content (AvgIpc) is 2.41. The Balaban J connectivity index is 1.89. The molecule has 1 aromatic carbocycles. The number of likely N-dealkylation sites (N-methyl/N-ethyl adjacent to an activating group) is 1. The predicted octanol–water partition coefficient (Wildman–Crippen LogP) is 1.95. The minimum absolute atomic E-state index is 0.173. The van der Waals surface area contributed by atoms with E-state index in [0.717, 1.165) is 38.4 Å². The maximum absolute atomic E-state index is 10.8. The number of anilines is 1. The van der Waals surface area contributed by atoms with Gasteiger partial charge in [0.25, 0.3) is 5.69 Å². The highest BCUT2D eigenvalue weighted by atomic mass is 16.6. The second-order valence-corrected chi connectivity index (χ2v) is 5.91. The van der Waals surface area contributed by atoms with E-state index in [0.29, 0.717) is 11.6 Å². The van der Waals surface area contributed by atoms with Crippen molar-refractivity contribution in [2.24, 2.45) is 0 Å². The van der Waals surface area contributed by atoms with Gasteiger partial charge in [0, 0.05) is 56.1 Å².